The molecule has 168 valence electrons. The average molecular weight is 451 g/mol. The van der Waals surface area contributed by atoms with E-state index < -0.39 is 47.1 Å². The van der Waals surface area contributed by atoms with Gasteiger partial charge in [-0.3, -0.25) is 19.1 Å². The van der Waals surface area contributed by atoms with Crippen LogP contribution in [-0.4, -0.2) is 37.8 Å². The van der Waals surface area contributed by atoms with Gasteiger partial charge < -0.3 is 10.1 Å². The summed E-state index contributed by atoms with van der Waals surface area (Å²) in [6.45, 7) is 0.981. The molecule has 13 heteroatoms. The van der Waals surface area contributed by atoms with Crippen LogP contribution in [0.3, 0.4) is 0 Å². The number of hydrogen-bond donors (Lipinski definition) is 2. The van der Waals surface area contributed by atoms with Gasteiger partial charge in [0.25, 0.3) is 5.56 Å². The molecule has 2 heterocycles. The van der Waals surface area contributed by atoms with Gasteiger partial charge >= 0.3 is 17.8 Å². The molecule has 0 radical (unpaired) electrons. The number of benzene rings is 1. The van der Waals surface area contributed by atoms with Crippen LogP contribution in [0.5, 0.6) is 0 Å². The number of alkyl halides is 3. The van der Waals surface area contributed by atoms with Crippen LogP contribution in [0.4, 0.5) is 18.9 Å². The van der Waals surface area contributed by atoms with E-state index in [1.54, 1.807) is 0 Å². The highest BCUT2D eigenvalue weighted by molar-refractivity contribution is 5.91. The van der Waals surface area contributed by atoms with Crippen molar-refractivity contribution in [2.24, 2.45) is 0 Å². The van der Waals surface area contributed by atoms with Crippen molar-refractivity contribution in [2.45, 2.75) is 19.6 Å². The fourth-order valence-corrected chi connectivity index (χ4v) is 2.79. The Hall–Kier alpha value is -4.16. The third kappa shape index (κ3) is 4.94. The molecular weight excluding hydrogens is 435 g/mol. The first-order valence-electron chi connectivity index (χ1n) is 9.12. The van der Waals surface area contributed by atoms with Crippen LogP contribution in [0.1, 0.15) is 23.0 Å². The highest BCUT2D eigenvalue weighted by Gasteiger charge is 2.41. The Morgan fingerprint density at radius 1 is 1.16 bits per heavy atom. The minimum atomic E-state index is -4.88. The van der Waals surface area contributed by atoms with Gasteiger partial charge in [-0.1, -0.05) is 0 Å². The van der Waals surface area contributed by atoms with Gasteiger partial charge in [0.1, 0.15) is 12.1 Å². The standard InChI is InChI=1S/C19H16F3N5O5/c1-2-32-17(30)13-9-23-27(16(13)19(20,21)22)12-5-3-11(4-6-12)24-15(29)10-26-8-7-14(28)25-18(26)31/h3-9H,2,10H2,1H3,(H,24,29)(H,25,28,31). The molecule has 32 heavy (non-hydrogen) atoms. The lowest BCUT2D eigenvalue weighted by Gasteiger charge is -2.13. The molecule has 0 fully saturated rings. The number of nitrogens with one attached hydrogen (secondary N) is 2. The Morgan fingerprint density at radius 3 is 2.44 bits per heavy atom. The van der Waals surface area contributed by atoms with Crippen molar-refractivity contribution in [3.8, 4) is 5.69 Å². The smallest absolute Gasteiger partial charge is 0.434 e. The molecule has 1 aromatic carbocycles. The summed E-state index contributed by atoms with van der Waals surface area (Å²) in [5.74, 6) is -1.75. The number of carbonyl (C=O) groups excluding carboxylic acids is 2. The Labute approximate surface area is 177 Å². The Morgan fingerprint density at radius 2 is 1.84 bits per heavy atom. The summed E-state index contributed by atoms with van der Waals surface area (Å²) in [5, 5.41) is 6.14. The zero-order valence-electron chi connectivity index (χ0n) is 16.5. The molecule has 0 aliphatic heterocycles. The molecule has 0 spiro atoms. The van der Waals surface area contributed by atoms with Crippen molar-refractivity contribution < 1.29 is 27.5 Å². The van der Waals surface area contributed by atoms with Gasteiger partial charge in [-0.15, -0.1) is 0 Å². The minimum Gasteiger partial charge on any atom is -0.462 e. The number of hydrogen-bond acceptors (Lipinski definition) is 6. The number of anilines is 1. The van der Waals surface area contributed by atoms with Gasteiger partial charge in [0.2, 0.25) is 5.91 Å². The molecule has 0 saturated carbocycles. The van der Waals surface area contributed by atoms with Gasteiger partial charge in [0.15, 0.2) is 5.69 Å². The maximum absolute atomic E-state index is 13.6. The van der Waals surface area contributed by atoms with E-state index in [1.807, 2.05) is 4.98 Å². The van der Waals surface area contributed by atoms with Crippen LogP contribution >= 0.6 is 0 Å². The zero-order valence-corrected chi connectivity index (χ0v) is 16.5. The van der Waals surface area contributed by atoms with Crippen LogP contribution in [0.2, 0.25) is 0 Å². The maximum atomic E-state index is 13.6. The summed E-state index contributed by atoms with van der Waals surface area (Å²) < 4.78 is 46.9. The largest absolute Gasteiger partial charge is 0.462 e. The predicted molar refractivity (Wildman–Crippen MR) is 104 cm³/mol. The number of esters is 1. The van der Waals surface area contributed by atoms with Gasteiger partial charge in [-0.2, -0.15) is 18.3 Å². The van der Waals surface area contributed by atoms with E-state index in [0.717, 1.165) is 23.0 Å². The number of aromatic amines is 1. The highest BCUT2D eigenvalue weighted by atomic mass is 19.4. The third-order valence-electron chi connectivity index (χ3n) is 4.14. The molecule has 3 rings (SSSR count). The van der Waals surface area contributed by atoms with Crippen molar-refractivity contribution >= 4 is 17.6 Å². The van der Waals surface area contributed by atoms with Gasteiger partial charge in [-0.05, 0) is 31.2 Å². The second-order valence-electron chi connectivity index (χ2n) is 6.37. The number of halogens is 3. The number of rotatable bonds is 6. The molecule has 0 unspecified atom stereocenters. The summed E-state index contributed by atoms with van der Waals surface area (Å²) in [7, 11) is 0. The third-order valence-corrected chi connectivity index (χ3v) is 4.14. The highest BCUT2D eigenvalue weighted by Crippen LogP contribution is 2.34. The van der Waals surface area contributed by atoms with E-state index in [4.69, 9.17) is 0 Å². The van der Waals surface area contributed by atoms with E-state index in [1.165, 1.54) is 31.2 Å². The number of amides is 1. The molecule has 1 amide bonds. The van der Waals surface area contributed by atoms with E-state index >= 15 is 0 Å². The second-order valence-corrected chi connectivity index (χ2v) is 6.37. The number of ether oxygens (including phenoxy) is 1. The topological polar surface area (TPSA) is 128 Å². The quantitative estimate of drug-likeness (QED) is 0.548. The fraction of sp³-hybridized carbons (Fsp3) is 0.211. The van der Waals surface area contributed by atoms with E-state index in [0.29, 0.717) is 4.68 Å². The van der Waals surface area contributed by atoms with E-state index in [-0.39, 0.29) is 18.0 Å². The monoisotopic (exact) mass is 451 g/mol. The minimum absolute atomic E-state index is 0.0114. The van der Waals surface area contributed by atoms with Gasteiger partial charge in [0, 0.05) is 18.0 Å². The SMILES string of the molecule is CCOC(=O)c1cnn(-c2ccc(NC(=O)Cn3ccc(=O)[nH]c3=O)cc2)c1C(F)(F)F. The van der Waals surface area contributed by atoms with Crippen LogP contribution < -0.4 is 16.6 Å². The van der Waals surface area contributed by atoms with Crippen molar-refractivity contribution in [2.75, 3.05) is 11.9 Å². The Bertz CT molecular complexity index is 1260. The van der Waals surface area contributed by atoms with Crippen LogP contribution in [-0.2, 0) is 22.3 Å². The van der Waals surface area contributed by atoms with Crippen molar-refractivity contribution in [3.63, 3.8) is 0 Å². The number of carbonyl (C=O) groups is 2. The van der Waals surface area contributed by atoms with Crippen LogP contribution in [0.15, 0.2) is 52.3 Å². The predicted octanol–water partition coefficient (Wildman–Crippen LogP) is 1.56. The molecule has 10 nitrogen and oxygen atoms in total. The Balaban J connectivity index is 1.81. The molecule has 0 saturated heterocycles. The summed E-state index contributed by atoms with van der Waals surface area (Å²) in [6, 6.07) is 6.26. The molecular formula is C19H16F3N5O5. The molecule has 3 aromatic rings. The summed E-state index contributed by atoms with van der Waals surface area (Å²) in [5.41, 5.74) is -3.15. The lowest BCUT2D eigenvalue weighted by atomic mass is 10.2. The van der Waals surface area contributed by atoms with E-state index in [9.17, 15) is 32.3 Å². The van der Waals surface area contributed by atoms with E-state index in [2.05, 4.69) is 15.2 Å². The lowest BCUT2D eigenvalue weighted by molar-refractivity contribution is -0.143. The second kappa shape index (κ2) is 8.91. The summed E-state index contributed by atoms with van der Waals surface area (Å²) in [6.07, 6.45) is -2.95. The Kier molecular flexibility index (Phi) is 6.27. The average Bonchev–Trinajstić information content (AvgIpc) is 3.17. The van der Waals surface area contributed by atoms with Gasteiger partial charge in [-0.25, -0.2) is 14.3 Å². The molecule has 0 atom stereocenters. The first-order valence-corrected chi connectivity index (χ1v) is 9.12. The lowest BCUT2D eigenvalue weighted by Crippen LogP contribution is -2.32. The van der Waals surface area contributed by atoms with Crippen molar-refractivity contribution in [3.05, 3.63) is 74.8 Å². The zero-order chi connectivity index (χ0) is 23.5. The molecule has 0 bridgehead atoms. The van der Waals surface area contributed by atoms with Crippen LogP contribution in [0, 0.1) is 0 Å². The normalized spacial score (nSPS) is 11.2. The maximum Gasteiger partial charge on any atom is 0.434 e. The van der Waals surface area contributed by atoms with Crippen LogP contribution in [0.25, 0.3) is 5.69 Å². The summed E-state index contributed by atoms with van der Waals surface area (Å²) in [4.78, 5) is 48.7. The fourth-order valence-electron chi connectivity index (χ4n) is 2.79. The first-order chi connectivity index (χ1) is 15.1. The summed E-state index contributed by atoms with van der Waals surface area (Å²) >= 11 is 0. The molecule has 0 aliphatic carbocycles. The first kappa shape index (κ1) is 22.5. The molecule has 2 aromatic heterocycles. The number of aromatic nitrogens is 4. The molecule has 2 N–H and O–H groups in total. The van der Waals surface area contributed by atoms with Crippen molar-refractivity contribution in [1.29, 1.82) is 0 Å². The number of nitrogens with zero attached hydrogens (tertiary/aromatic N) is 3. The van der Waals surface area contributed by atoms with Crippen molar-refractivity contribution in [1.82, 2.24) is 19.3 Å². The number of H-pyrrole nitrogens is 1. The molecule has 0 aliphatic rings. The van der Waals surface area contributed by atoms with Gasteiger partial charge in [0.05, 0.1) is 18.5 Å².